The first kappa shape index (κ1) is 17.4. The minimum absolute atomic E-state index is 0.141. The van der Waals surface area contributed by atoms with Gasteiger partial charge in [-0.25, -0.2) is 4.98 Å². The maximum atomic E-state index is 12.6. The average Bonchev–Trinajstić information content (AvgIpc) is 3.45. The van der Waals surface area contributed by atoms with Crippen molar-refractivity contribution in [1.82, 2.24) is 19.6 Å². The van der Waals surface area contributed by atoms with E-state index in [1.54, 1.807) is 18.3 Å². The molecule has 0 aliphatic carbocycles. The molecule has 3 heterocycles. The lowest BCUT2D eigenvalue weighted by Gasteiger charge is -2.17. The predicted molar refractivity (Wildman–Crippen MR) is 112 cm³/mol. The molecule has 144 valence electrons. The molecule has 0 atom stereocenters. The van der Waals surface area contributed by atoms with Crippen molar-refractivity contribution in [2.24, 2.45) is 0 Å². The highest BCUT2D eigenvalue weighted by Crippen LogP contribution is 2.23. The van der Waals surface area contributed by atoms with Gasteiger partial charge in [0.1, 0.15) is 0 Å². The zero-order valence-electron chi connectivity index (χ0n) is 15.8. The molecule has 0 saturated carbocycles. The van der Waals surface area contributed by atoms with E-state index in [9.17, 15) is 4.79 Å². The molecule has 29 heavy (non-hydrogen) atoms. The number of hydrogen-bond acceptors (Lipinski definition) is 5. The van der Waals surface area contributed by atoms with Crippen molar-refractivity contribution in [1.29, 1.82) is 0 Å². The Morgan fingerprint density at radius 2 is 1.69 bits per heavy atom. The summed E-state index contributed by atoms with van der Waals surface area (Å²) >= 11 is 0. The van der Waals surface area contributed by atoms with E-state index >= 15 is 0 Å². The number of anilines is 2. The van der Waals surface area contributed by atoms with Crippen molar-refractivity contribution < 1.29 is 4.79 Å². The fraction of sp³-hybridized carbons (Fsp3) is 0.182. The summed E-state index contributed by atoms with van der Waals surface area (Å²) in [5.41, 5.74) is 3.46. The van der Waals surface area contributed by atoms with Crippen molar-refractivity contribution in [3.05, 3.63) is 72.6 Å². The zero-order chi connectivity index (χ0) is 19.6. The Labute approximate surface area is 168 Å². The topological polar surface area (TPSA) is 75.4 Å². The molecule has 7 heteroatoms. The van der Waals surface area contributed by atoms with E-state index in [4.69, 9.17) is 0 Å². The number of rotatable bonds is 4. The summed E-state index contributed by atoms with van der Waals surface area (Å²) in [5, 5.41) is 11.2. The van der Waals surface area contributed by atoms with Crippen LogP contribution in [0.15, 0.2) is 67.0 Å². The first-order valence-corrected chi connectivity index (χ1v) is 9.70. The van der Waals surface area contributed by atoms with Crippen LogP contribution in [-0.4, -0.2) is 38.6 Å². The number of aromatic nitrogens is 4. The number of hydrogen-bond donors (Lipinski definition) is 1. The van der Waals surface area contributed by atoms with E-state index in [0.717, 1.165) is 24.3 Å². The lowest BCUT2D eigenvalue weighted by Crippen LogP contribution is -2.17. The zero-order valence-corrected chi connectivity index (χ0v) is 15.8. The molecule has 1 fully saturated rings. The van der Waals surface area contributed by atoms with E-state index in [1.807, 2.05) is 40.9 Å². The van der Waals surface area contributed by atoms with Crippen molar-refractivity contribution in [2.75, 3.05) is 23.3 Å². The quantitative estimate of drug-likeness (QED) is 0.581. The summed E-state index contributed by atoms with van der Waals surface area (Å²) in [6.07, 6.45) is 6.04. The van der Waals surface area contributed by atoms with Crippen LogP contribution >= 0.6 is 0 Å². The SMILES string of the molecule is O=C(Nc1ccc(N2CCCC2)cc1)c1ccc(-c2nnc3ncccn23)cc1. The van der Waals surface area contributed by atoms with Gasteiger partial charge in [0, 0.05) is 48.0 Å². The molecule has 2 aromatic heterocycles. The molecule has 1 aliphatic rings. The molecule has 1 N–H and O–H groups in total. The average molecular weight is 384 g/mol. The predicted octanol–water partition coefficient (Wildman–Crippen LogP) is 3.64. The number of amides is 1. The number of carbonyl (C=O) groups is 1. The number of fused-ring (bicyclic) bond motifs is 1. The van der Waals surface area contributed by atoms with Gasteiger partial charge in [0.15, 0.2) is 5.82 Å². The molecule has 2 aromatic carbocycles. The Morgan fingerprint density at radius 1 is 0.931 bits per heavy atom. The number of carbonyl (C=O) groups excluding carboxylic acids is 1. The third kappa shape index (κ3) is 3.42. The molecule has 1 aliphatic heterocycles. The summed E-state index contributed by atoms with van der Waals surface area (Å²) in [7, 11) is 0. The van der Waals surface area contributed by atoms with Crippen LogP contribution in [0.25, 0.3) is 17.2 Å². The lowest BCUT2D eigenvalue weighted by atomic mass is 10.1. The Kier molecular flexibility index (Phi) is 4.40. The van der Waals surface area contributed by atoms with Crippen LogP contribution in [0.2, 0.25) is 0 Å². The number of nitrogens with one attached hydrogen (secondary N) is 1. The number of nitrogens with zero attached hydrogens (tertiary/aromatic N) is 5. The van der Waals surface area contributed by atoms with Gasteiger partial charge in [0.2, 0.25) is 0 Å². The van der Waals surface area contributed by atoms with Crippen LogP contribution in [-0.2, 0) is 0 Å². The molecule has 0 unspecified atom stereocenters. The van der Waals surface area contributed by atoms with Gasteiger partial charge < -0.3 is 10.2 Å². The normalized spacial score (nSPS) is 13.7. The first-order chi connectivity index (χ1) is 14.3. The summed E-state index contributed by atoms with van der Waals surface area (Å²) in [6, 6.07) is 17.2. The molecule has 0 bridgehead atoms. The second-order valence-electron chi connectivity index (χ2n) is 7.09. The smallest absolute Gasteiger partial charge is 0.255 e. The highest BCUT2D eigenvalue weighted by molar-refractivity contribution is 6.04. The minimum Gasteiger partial charge on any atom is -0.372 e. The maximum absolute atomic E-state index is 12.6. The Hall–Kier alpha value is -3.74. The molecule has 0 spiro atoms. The standard InChI is InChI=1S/C22H20N6O/c29-21(24-18-8-10-19(11-9-18)27-13-1-2-14-27)17-6-4-16(5-7-17)20-25-26-22-23-12-3-15-28(20)22/h3-12,15H,1-2,13-14H2,(H,24,29). The first-order valence-electron chi connectivity index (χ1n) is 9.70. The van der Waals surface area contributed by atoms with Crippen LogP contribution < -0.4 is 10.2 Å². The van der Waals surface area contributed by atoms with Gasteiger partial charge in [-0.15, -0.1) is 10.2 Å². The van der Waals surface area contributed by atoms with E-state index in [0.29, 0.717) is 17.2 Å². The van der Waals surface area contributed by atoms with Gasteiger partial charge in [-0.05, 0) is 55.3 Å². The maximum Gasteiger partial charge on any atom is 0.255 e. The monoisotopic (exact) mass is 384 g/mol. The Morgan fingerprint density at radius 3 is 2.45 bits per heavy atom. The Bertz CT molecular complexity index is 1140. The molecular weight excluding hydrogens is 364 g/mol. The molecule has 4 aromatic rings. The van der Waals surface area contributed by atoms with Gasteiger partial charge >= 0.3 is 0 Å². The number of benzene rings is 2. The fourth-order valence-corrected chi connectivity index (χ4v) is 3.64. The fourth-order valence-electron chi connectivity index (χ4n) is 3.64. The summed E-state index contributed by atoms with van der Waals surface area (Å²) in [6.45, 7) is 2.21. The van der Waals surface area contributed by atoms with Gasteiger partial charge in [-0.1, -0.05) is 12.1 Å². The van der Waals surface area contributed by atoms with Crippen molar-refractivity contribution in [3.63, 3.8) is 0 Å². The summed E-state index contributed by atoms with van der Waals surface area (Å²) in [4.78, 5) is 19.1. The van der Waals surface area contributed by atoms with Crippen LogP contribution in [0.4, 0.5) is 11.4 Å². The van der Waals surface area contributed by atoms with Crippen LogP contribution in [0.3, 0.4) is 0 Å². The van der Waals surface area contributed by atoms with E-state index in [-0.39, 0.29) is 5.91 Å². The second-order valence-corrected chi connectivity index (χ2v) is 7.09. The third-order valence-electron chi connectivity index (χ3n) is 5.19. The molecule has 7 nitrogen and oxygen atoms in total. The van der Waals surface area contributed by atoms with E-state index in [2.05, 4.69) is 37.5 Å². The summed E-state index contributed by atoms with van der Waals surface area (Å²) < 4.78 is 1.82. The van der Waals surface area contributed by atoms with Crippen LogP contribution in [0.1, 0.15) is 23.2 Å². The lowest BCUT2D eigenvalue weighted by molar-refractivity contribution is 0.102. The third-order valence-corrected chi connectivity index (χ3v) is 5.19. The van der Waals surface area contributed by atoms with Crippen LogP contribution in [0.5, 0.6) is 0 Å². The highest BCUT2D eigenvalue weighted by atomic mass is 16.1. The largest absolute Gasteiger partial charge is 0.372 e. The summed E-state index contributed by atoms with van der Waals surface area (Å²) in [5.74, 6) is 1.09. The van der Waals surface area contributed by atoms with Gasteiger partial charge in [0.25, 0.3) is 11.7 Å². The molecular formula is C22H20N6O. The highest BCUT2D eigenvalue weighted by Gasteiger charge is 2.13. The Balaban J connectivity index is 1.30. The van der Waals surface area contributed by atoms with Crippen molar-refractivity contribution in [2.45, 2.75) is 12.8 Å². The second kappa shape index (κ2) is 7.35. The van der Waals surface area contributed by atoms with E-state index < -0.39 is 0 Å². The van der Waals surface area contributed by atoms with Crippen molar-refractivity contribution >= 4 is 23.1 Å². The van der Waals surface area contributed by atoms with Gasteiger partial charge in [0.05, 0.1) is 0 Å². The molecule has 0 radical (unpaired) electrons. The van der Waals surface area contributed by atoms with Gasteiger partial charge in [-0.2, -0.15) is 0 Å². The van der Waals surface area contributed by atoms with Crippen LogP contribution in [0, 0.1) is 0 Å². The molecule has 5 rings (SSSR count). The molecule has 1 amide bonds. The van der Waals surface area contributed by atoms with Crippen molar-refractivity contribution in [3.8, 4) is 11.4 Å². The minimum atomic E-state index is -0.141. The molecule has 1 saturated heterocycles. The van der Waals surface area contributed by atoms with E-state index in [1.165, 1.54) is 18.5 Å². The van der Waals surface area contributed by atoms with Gasteiger partial charge in [-0.3, -0.25) is 9.20 Å².